The van der Waals surface area contributed by atoms with Crippen molar-refractivity contribution in [2.24, 2.45) is 0 Å². The Morgan fingerprint density at radius 3 is 2.43 bits per heavy atom. The molecule has 0 radical (unpaired) electrons. The molecule has 2 aromatic rings. The number of amides is 1. The number of benzene rings is 2. The SMILES string of the molecule is CC(c1ccc(O)cc1)N(C)C(=O)c1c(F)cccc1Br. The summed E-state index contributed by atoms with van der Waals surface area (Å²) in [6.07, 6.45) is 0. The van der Waals surface area contributed by atoms with Crippen molar-refractivity contribution in [2.75, 3.05) is 7.05 Å². The van der Waals surface area contributed by atoms with E-state index in [1.807, 2.05) is 6.92 Å². The van der Waals surface area contributed by atoms with Crippen LogP contribution in [0.2, 0.25) is 0 Å². The molecule has 110 valence electrons. The second-order valence-corrected chi connectivity index (χ2v) is 5.63. The summed E-state index contributed by atoms with van der Waals surface area (Å²) in [5.41, 5.74) is 0.877. The van der Waals surface area contributed by atoms with Crippen LogP contribution in [0, 0.1) is 5.82 Å². The predicted molar refractivity (Wildman–Crippen MR) is 82.7 cm³/mol. The lowest BCUT2D eigenvalue weighted by atomic mass is 10.1. The van der Waals surface area contributed by atoms with E-state index in [9.17, 15) is 14.3 Å². The van der Waals surface area contributed by atoms with Crippen molar-refractivity contribution in [3.05, 3.63) is 63.9 Å². The van der Waals surface area contributed by atoms with Gasteiger partial charge in [0.05, 0.1) is 11.6 Å². The lowest BCUT2D eigenvalue weighted by molar-refractivity contribution is 0.0737. The normalized spacial score (nSPS) is 12.0. The summed E-state index contributed by atoms with van der Waals surface area (Å²) in [6, 6.07) is 10.8. The summed E-state index contributed by atoms with van der Waals surface area (Å²) in [5.74, 6) is -0.795. The minimum Gasteiger partial charge on any atom is -0.508 e. The fourth-order valence-electron chi connectivity index (χ4n) is 2.03. The molecule has 0 spiro atoms. The first-order valence-electron chi connectivity index (χ1n) is 6.42. The predicted octanol–water partition coefficient (Wildman–Crippen LogP) is 4.13. The van der Waals surface area contributed by atoms with Crippen LogP contribution in [0.4, 0.5) is 4.39 Å². The van der Waals surface area contributed by atoms with Crippen molar-refractivity contribution in [3.8, 4) is 5.75 Å². The number of phenols is 1. The summed E-state index contributed by atoms with van der Waals surface area (Å²) < 4.78 is 14.3. The first-order valence-corrected chi connectivity index (χ1v) is 7.21. The molecule has 0 saturated heterocycles. The van der Waals surface area contributed by atoms with Crippen molar-refractivity contribution in [3.63, 3.8) is 0 Å². The molecule has 1 atom stereocenters. The second kappa shape index (κ2) is 6.26. The van der Waals surface area contributed by atoms with E-state index in [2.05, 4.69) is 15.9 Å². The van der Waals surface area contributed by atoms with Crippen LogP contribution in [0.1, 0.15) is 28.9 Å². The number of phenolic OH excluding ortho intramolecular Hbond substituents is 1. The topological polar surface area (TPSA) is 40.5 Å². The van der Waals surface area contributed by atoms with E-state index in [-0.39, 0.29) is 17.4 Å². The molecular weight excluding hydrogens is 337 g/mol. The lowest BCUT2D eigenvalue weighted by Crippen LogP contribution is -2.30. The van der Waals surface area contributed by atoms with Crippen LogP contribution in [-0.4, -0.2) is 23.0 Å². The van der Waals surface area contributed by atoms with Crippen LogP contribution >= 0.6 is 15.9 Å². The zero-order valence-corrected chi connectivity index (χ0v) is 13.3. The Morgan fingerprint density at radius 1 is 1.24 bits per heavy atom. The molecule has 0 aliphatic carbocycles. The van der Waals surface area contributed by atoms with Crippen LogP contribution in [-0.2, 0) is 0 Å². The molecule has 1 N–H and O–H groups in total. The zero-order valence-electron chi connectivity index (χ0n) is 11.7. The molecule has 2 aromatic carbocycles. The Kier molecular flexibility index (Phi) is 4.63. The lowest BCUT2D eigenvalue weighted by Gasteiger charge is -2.26. The van der Waals surface area contributed by atoms with Gasteiger partial charge in [0, 0.05) is 11.5 Å². The van der Waals surface area contributed by atoms with Crippen LogP contribution in [0.15, 0.2) is 46.9 Å². The van der Waals surface area contributed by atoms with Gasteiger partial charge in [-0.1, -0.05) is 18.2 Å². The Hall–Kier alpha value is -1.88. The minimum atomic E-state index is -0.556. The van der Waals surface area contributed by atoms with Gasteiger partial charge in [0.1, 0.15) is 11.6 Å². The average Bonchev–Trinajstić information content (AvgIpc) is 2.46. The van der Waals surface area contributed by atoms with Crippen molar-refractivity contribution in [2.45, 2.75) is 13.0 Å². The maximum Gasteiger partial charge on any atom is 0.258 e. The molecular formula is C16H15BrFNO2. The molecule has 0 bridgehead atoms. The van der Waals surface area contributed by atoms with Crippen LogP contribution in [0.5, 0.6) is 5.75 Å². The number of hydrogen-bond donors (Lipinski definition) is 1. The van der Waals surface area contributed by atoms with E-state index in [1.165, 1.54) is 11.0 Å². The van der Waals surface area contributed by atoms with Gasteiger partial charge in [0.2, 0.25) is 0 Å². The summed E-state index contributed by atoms with van der Waals surface area (Å²) in [4.78, 5) is 13.9. The standard InChI is InChI=1S/C16H15BrFNO2/c1-10(11-6-8-12(20)9-7-11)19(2)16(21)15-13(17)4-3-5-14(15)18/h3-10,20H,1-2H3. The Balaban J connectivity index is 2.28. The van der Waals surface area contributed by atoms with Gasteiger partial charge in [-0.15, -0.1) is 0 Å². The fraction of sp³-hybridized carbons (Fsp3) is 0.188. The van der Waals surface area contributed by atoms with E-state index in [4.69, 9.17) is 0 Å². The number of aromatic hydroxyl groups is 1. The van der Waals surface area contributed by atoms with Crippen LogP contribution in [0.3, 0.4) is 0 Å². The molecule has 21 heavy (non-hydrogen) atoms. The zero-order chi connectivity index (χ0) is 15.6. The fourth-order valence-corrected chi connectivity index (χ4v) is 2.54. The summed E-state index contributed by atoms with van der Waals surface area (Å²) in [6.45, 7) is 1.85. The molecule has 0 aliphatic heterocycles. The van der Waals surface area contributed by atoms with Crippen molar-refractivity contribution >= 4 is 21.8 Å². The molecule has 3 nitrogen and oxygen atoms in total. The van der Waals surface area contributed by atoms with Crippen molar-refractivity contribution in [1.82, 2.24) is 4.90 Å². The number of carbonyl (C=O) groups is 1. The van der Waals surface area contributed by atoms with E-state index < -0.39 is 11.7 Å². The second-order valence-electron chi connectivity index (χ2n) is 4.78. The van der Waals surface area contributed by atoms with Crippen molar-refractivity contribution < 1.29 is 14.3 Å². The molecule has 2 rings (SSSR count). The van der Waals surface area contributed by atoms with Gasteiger partial charge in [-0.05, 0) is 52.7 Å². The number of carbonyl (C=O) groups excluding carboxylic acids is 1. The minimum absolute atomic E-state index is 0.0191. The number of nitrogens with zero attached hydrogens (tertiary/aromatic N) is 1. The smallest absolute Gasteiger partial charge is 0.258 e. The molecule has 1 unspecified atom stereocenters. The molecule has 0 fully saturated rings. The third-order valence-electron chi connectivity index (χ3n) is 3.45. The summed E-state index contributed by atoms with van der Waals surface area (Å²) in [7, 11) is 1.62. The molecule has 1 amide bonds. The Morgan fingerprint density at radius 2 is 1.86 bits per heavy atom. The third-order valence-corrected chi connectivity index (χ3v) is 4.11. The molecule has 0 aliphatic rings. The first kappa shape index (κ1) is 15.5. The summed E-state index contributed by atoms with van der Waals surface area (Å²) in [5, 5.41) is 9.30. The van der Waals surface area contributed by atoms with E-state index in [0.717, 1.165) is 5.56 Å². The number of hydrogen-bond acceptors (Lipinski definition) is 2. The first-order chi connectivity index (χ1) is 9.91. The maximum absolute atomic E-state index is 13.9. The Bertz CT molecular complexity index is 638. The van der Waals surface area contributed by atoms with Gasteiger partial charge in [-0.3, -0.25) is 4.79 Å². The van der Waals surface area contributed by atoms with E-state index >= 15 is 0 Å². The van der Waals surface area contributed by atoms with E-state index in [0.29, 0.717) is 4.47 Å². The van der Waals surface area contributed by atoms with Gasteiger partial charge < -0.3 is 10.0 Å². The summed E-state index contributed by atoms with van der Waals surface area (Å²) >= 11 is 3.21. The van der Waals surface area contributed by atoms with Gasteiger partial charge in [0.25, 0.3) is 5.91 Å². The molecule has 0 heterocycles. The molecule has 0 saturated carbocycles. The monoisotopic (exact) mass is 351 g/mol. The average molecular weight is 352 g/mol. The molecule has 0 aromatic heterocycles. The molecule has 5 heteroatoms. The van der Waals surface area contributed by atoms with Gasteiger partial charge in [-0.2, -0.15) is 0 Å². The van der Waals surface area contributed by atoms with Gasteiger partial charge in [0.15, 0.2) is 0 Å². The van der Waals surface area contributed by atoms with Crippen molar-refractivity contribution in [1.29, 1.82) is 0 Å². The van der Waals surface area contributed by atoms with Crippen LogP contribution < -0.4 is 0 Å². The van der Waals surface area contributed by atoms with Gasteiger partial charge in [-0.25, -0.2) is 4.39 Å². The van der Waals surface area contributed by atoms with Gasteiger partial charge >= 0.3 is 0 Å². The quantitative estimate of drug-likeness (QED) is 0.903. The third kappa shape index (κ3) is 3.24. The maximum atomic E-state index is 13.9. The highest BCUT2D eigenvalue weighted by molar-refractivity contribution is 9.10. The van der Waals surface area contributed by atoms with E-state index in [1.54, 1.807) is 43.4 Å². The highest BCUT2D eigenvalue weighted by Crippen LogP contribution is 2.26. The number of halogens is 2. The Labute approximate surface area is 131 Å². The van der Waals surface area contributed by atoms with Crippen LogP contribution in [0.25, 0.3) is 0 Å². The number of rotatable bonds is 3. The highest BCUT2D eigenvalue weighted by Gasteiger charge is 2.23. The largest absolute Gasteiger partial charge is 0.508 e. The highest BCUT2D eigenvalue weighted by atomic mass is 79.9.